The molecule has 1 rings (SSSR count). The maximum atomic E-state index is 8.87. The molecule has 3 nitrogen and oxygen atoms in total. The van der Waals surface area contributed by atoms with E-state index in [1.54, 1.807) is 6.92 Å². The Kier molecular flexibility index (Phi) is 2.68. The molecule has 3 heteroatoms. The van der Waals surface area contributed by atoms with Gasteiger partial charge in [0.15, 0.2) is 0 Å². The highest BCUT2D eigenvalue weighted by Crippen LogP contribution is 2.05. The van der Waals surface area contributed by atoms with E-state index in [1.165, 1.54) is 0 Å². The van der Waals surface area contributed by atoms with Gasteiger partial charge in [0.2, 0.25) is 0 Å². The number of rotatable bonds is 3. The first-order valence-electron chi connectivity index (χ1n) is 3.65. The molecule has 0 spiro atoms. The van der Waals surface area contributed by atoms with Gasteiger partial charge in [0.05, 0.1) is 6.54 Å². The standard InChI is InChI=1S/C8H13NO2/c1-6-3-4-8(11-6)5-9-7(2)10/h3-4,7,9-10H,5H2,1-2H3. The molecule has 62 valence electrons. The van der Waals surface area contributed by atoms with E-state index >= 15 is 0 Å². The predicted molar refractivity (Wildman–Crippen MR) is 42.0 cm³/mol. The van der Waals surface area contributed by atoms with Crippen molar-refractivity contribution in [3.63, 3.8) is 0 Å². The molecule has 0 saturated heterocycles. The second-order valence-electron chi connectivity index (χ2n) is 2.57. The van der Waals surface area contributed by atoms with Crippen LogP contribution in [0.5, 0.6) is 0 Å². The quantitative estimate of drug-likeness (QED) is 0.640. The van der Waals surface area contributed by atoms with Crippen molar-refractivity contribution in [1.29, 1.82) is 0 Å². The fraction of sp³-hybridized carbons (Fsp3) is 0.500. The van der Waals surface area contributed by atoms with Gasteiger partial charge < -0.3 is 9.52 Å². The first-order chi connectivity index (χ1) is 5.18. The average Bonchev–Trinajstić information content (AvgIpc) is 2.31. The molecule has 0 aliphatic rings. The average molecular weight is 155 g/mol. The van der Waals surface area contributed by atoms with E-state index in [1.807, 2.05) is 19.1 Å². The van der Waals surface area contributed by atoms with Crippen LogP contribution in [-0.2, 0) is 6.54 Å². The van der Waals surface area contributed by atoms with Gasteiger partial charge in [-0.15, -0.1) is 0 Å². The lowest BCUT2D eigenvalue weighted by atomic mass is 10.4. The van der Waals surface area contributed by atoms with Gasteiger partial charge in [-0.25, -0.2) is 0 Å². The van der Waals surface area contributed by atoms with Crippen molar-refractivity contribution in [1.82, 2.24) is 5.32 Å². The molecular weight excluding hydrogens is 142 g/mol. The summed E-state index contributed by atoms with van der Waals surface area (Å²) in [5.41, 5.74) is 0. The second-order valence-corrected chi connectivity index (χ2v) is 2.57. The van der Waals surface area contributed by atoms with Crippen LogP contribution in [0.25, 0.3) is 0 Å². The summed E-state index contributed by atoms with van der Waals surface area (Å²) in [6.45, 7) is 4.15. The number of hydrogen-bond donors (Lipinski definition) is 2. The van der Waals surface area contributed by atoms with Gasteiger partial charge in [-0.05, 0) is 26.0 Å². The van der Waals surface area contributed by atoms with E-state index in [4.69, 9.17) is 9.52 Å². The van der Waals surface area contributed by atoms with E-state index in [0.717, 1.165) is 11.5 Å². The Morgan fingerprint density at radius 2 is 2.36 bits per heavy atom. The van der Waals surface area contributed by atoms with Crippen LogP contribution in [0.2, 0.25) is 0 Å². The third kappa shape index (κ3) is 2.74. The van der Waals surface area contributed by atoms with Crippen molar-refractivity contribution in [2.45, 2.75) is 26.6 Å². The summed E-state index contributed by atoms with van der Waals surface area (Å²) in [7, 11) is 0. The first-order valence-corrected chi connectivity index (χ1v) is 3.65. The van der Waals surface area contributed by atoms with Gasteiger partial charge in [0.25, 0.3) is 0 Å². The Hall–Kier alpha value is -0.800. The largest absolute Gasteiger partial charge is 0.465 e. The Morgan fingerprint density at radius 1 is 1.64 bits per heavy atom. The van der Waals surface area contributed by atoms with E-state index < -0.39 is 6.23 Å². The van der Waals surface area contributed by atoms with Gasteiger partial charge in [-0.1, -0.05) is 0 Å². The van der Waals surface area contributed by atoms with Crippen molar-refractivity contribution in [3.05, 3.63) is 23.7 Å². The van der Waals surface area contributed by atoms with Crippen molar-refractivity contribution >= 4 is 0 Å². The molecule has 1 aromatic heterocycles. The summed E-state index contributed by atoms with van der Waals surface area (Å²) in [4.78, 5) is 0. The molecule has 1 heterocycles. The maximum Gasteiger partial charge on any atom is 0.118 e. The summed E-state index contributed by atoms with van der Waals surface area (Å²) >= 11 is 0. The lowest BCUT2D eigenvalue weighted by Crippen LogP contribution is -2.24. The normalized spacial score (nSPS) is 13.4. The smallest absolute Gasteiger partial charge is 0.118 e. The van der Waals surface area contributed by atoms with Crippen LogP contribution < -0.4 is 5.32 Å². The number of aryl methyl sites for hydroxylation is 1. The molecular formula is C8H13NO2. The number of hydrogen-bond acceptors (Lipinski definition) is 3. The maximum absolute atomic E-state index is 8.87. The molecule has 0 fully saturated rings. The van der Waals surface area contributed by atoms with E-state index in [0.29, 0.717) is 6.54 Å². The van der Waals surface area contributed by atoms with E-state index in [9.17, 15) is 0 Å². The summed E-state index contributed by atoms with van der Waals surface area (Å²) in [6, 6.07) is 3.80. The van der Waals surface area contributed by atoms with Crippen LogP contribution in [0.4, 0.5) is 0 Å². The fourth-order valence-electron chi connectivity index (χ4n) is 0.828. The summed E-state index contributed by atoms with van der Waals surface area (Å²) in [6.07, 6.45) is -0.486. The predicted octanol–water partition coefficient (Wildman–Crippen LogP) is 1.02. The highest BCUT2D eigenvalue weighted by atomic mass is 16.3. The zero-order valence-electron chi connectivity index (χ0n) is 6.79. The Morgan fingerprint density at radius 3 is 2.82 bits per heavy atom. The Bertz CT molecular complexity index is 218. The van der Waals surface area contributed by atoms with Crippen molar-refractivity contribution in [2.75, 3.05) is 0 Å². The highest BCUT2D eigenvalue weighted by Gasteiger charge is 1.98. The van der Waals surface area contributed by atoms with Gasteiger partial charge in [-0.3, -0.25) is 5.32 Å². The van der Waals surface area contributed by atoms with Gasteiger partial charge in [0.1, 0.15) is 17.7 Å². The Labute approximate surface area is 66.0 Å². The van der Waals surface area contributed by atoms with Crippen LogP contribution in [-0.4, -0.2) is 11.3 Å². The number of aliphatic hydroxyl groups excluding tert-OH is 1. The van der Waals surface area contributed by atoms with Gasteiger partial charge >= 0.3 is 0 Å². The minimum atomic E-state index is -0.486. The molecule has 0 bridgehead atoms. The monoisotopic (exact) mass is 155 g/mol. The minimum Gasteiger partial charge on any atom is -0.465 e. The number of aliphatic hydroxyl groups is 1. The van der Waals surface area contributed by atoms with Crippen LogP contribution >= 0.6 is 0 Å². The summed E-state index contributed by atoms with van der Waals surface area (Å²) < 4.78 is 5.26. The molecule has 0 aromatic carbocycles. The first kappa shape index (κ1) is 8.30. The van der Waals surface area contributed by atoms with Crippen molar-refractivity contribution in [3.8, 4) is 0 Å². The molecule has 0 aliphatic carbocycles. The van der Waals surface area contributed by atoms with Crippen molar-refractivity contribution in [2.24, 2.45) is 0 Å². The summed E-state index contributed by atoms with van der Waals surface area (Å²) in [5.74, 6) is 1.75. The number of nitrogens with one attached hydrogen (secondary N) is 1. The third-order valence-corrected chi connectivity index (χ3v) is 1.37. The van der Waals surface area contributed by atoms with Gasteiger partial charge in [-0.2, -0.15) is 0 Å². The molecule has 1 atom stereocenters. The van der Waals surface area contributed by atoms with Crippen LogP contribution in [0, 0.1) is 6.92 Å². The second kappa shape index (κ2) is 3.55. The van der Waals surface area contributed by atoms with Crippen LogP contribution in [0.15, 0.2) is 16.5 Å². The van der Waals surface area contributed by atoms with Gasteiger partial charge in [0, 0.05) is 0 Å². The number of furan rings is 1. The minimum absolute atomic E-state index is 0.486. The molecule has 0 amide bonds. The lowest BCUT2D eigenvalue weighted by molar-refractivity contribution is 0.151. The highest BCUT2D eigenvalue weighted by molar-refractivity contribution is 5.04. The third-order valence-electron chi connectivity index (χ3n) is 1.37. The van der Waals surface area contributed by atoms with Crippen molar-refractivity contribution < 1.29 is 9.52 Å². The zero-order chi connectivity index (χ0) is 8.27. The topological polar surface area (TPSA) is 45.4 Å². The molecule has 1 aromatic rings. The Balaban J connectivity index is 2.39. The van der Waals surface area contributed by atoms with Crippen LogP contribution in [0.3, 0.4) is 0 Å². The SMILES string of the molecule is Cc1ccc(CNC(C)O)o1. The lowest BCUT2D eigenvalue weighted by Gasteiger charge is -2.03. The molecule has 11 heavy (non-hydrogen) atoms. The fourth-order valence-corrected chi connectivity index (χ4v) is 0.828. The van der Waals surface area contributed by atoms with E-state index in [2.05, 4.69) is 5.32 Å². The van der Waals surface area contributed by atoms with E-state index in [-0.39, 0.29) is 0 Å². The molecule has 0 radical (unpaired) electrons. The summed E-state index contributed by atoms with van der Waals surface area (Å²) in [5, 5.41) is 11.7. The van der Waals surface area contributed by atoms with Crippen LogP contribution in [0.1, 0.15) is 18.4 Å². The zero-order valence-corrected chi connectivity index (χ0v) is 6.79. The molecule has 1 unspecified atom stereocenters. The molecule has 0 saturated carbocycles. The molecule has 2 N–H and O–H groups in total. The molecule has 0 aliphatic heterocycles.